The van der Waals surface area contributed by atoms with Crippen LogP contribution in [0.25, 0.3) is 0 Å². The number of aliphatic hydroxyl groups is 1. The van der Waals surface area contributed by atoms with E-state index in [9.17, 15) is 19.1 Å². The molecule has 2 aliphatic heterocycles. The first-order valence-electron chi connectivity index (χ1n) is 9.31. The number of urea groups is 1. The Morgan fingerprint density at radius 2 is 2.30 bits per heavy atom. The lowest BCUT2D eigenvalue weighted by Gasteiger charge is -2.27. The van der Waals surface area contributed by atoms with Crippen molar-refractivity contribution in [1.82, 2.24) is 19.7 Å². The van der Waals surface area contributed by atoms with Gasteiger partial charge in [0.15, 0.2) is 5.82 Å². The van der Waals surface area contributed by atoms with Crippen molar-refractivity contribution in [2.45, 2.75) is 25.6 Å². The van der Waals surface area contributed by atoms with Crippen molar-refractivity contribution in [3.05, 3.63) is 46.5 Å². The van der Waals surface area contributed by atoms with Gasteiger partial charge in [0.05, 0.1) is 36.6 Å². The van der Waals surface area contributed by atoms with Crippen LogP contribution in [0.3, 0.4) is 0 Å². The largest absolute Gasteiger partial charge is 0.393 e. The second-order valence-electron chi connectivity index (χ2n) is 7.05. The van der Waals surface area contributed by atoms with Crippen LogP contribution in [0.5, 0.6) is 0 Å². The van der Waals surface area contributed by atoms with Gasteiger partial charge in [0.1, 0.15) is 17.9 Å². The van der Waals surface area contributed by atoms with Gasteiger partial charge in [0, 0.05) is 25.6 Å². The number of hydrogen-bond acceptors (Lipinski definition) is 6. The molecule has 4 rings (SSSR count). The van der Waals surface area contributed by atoms with Crippen LogP contribution in [-0.2, 0) is 24.3 Å². The Kier molecular flexibility index (Phi) is 5.11. The summed E-state index contributed by atoms with van der Waals surface area (Å²) >= 11 is 0. The van der Waals surface area contributed by atoms with Gasteiger partial charge in [-0.1, -0.05) is 6.07 Å². The van der Waals surface area contributed by atoms with Gasteiger partial charge < -0.3 is 15.3 Å². The summed E-state index contributed by atoms with van der Waals surface area (Å²) in [5.41, 5.74) is 1.35. The molecule has 30 heavy (non-hydrogen) atoms. The average Bonchev–Trinajstić information content (AvgIpc) is 3.05. The molecule has 1 aromatic heterocycles. The van der Waals surface area contributed by atoms with Crippen LogP contribution >= 0.6 is 0 Å². The molecule has 0 saturated heterocycles. The van der Waals surface area contributed by atoms with Gasteiger partial charge in [-0.25, -0.2) is 14.2 Å². The Hall–Kier alpha value is -3.49. The number of fused-ring (bicyclic) bond motifs is 3. The van der Waals surface area contributed by atoms with Crippen LogP contribution in [0.4, 0.5) is 14.9 Å². The molecule has 2 aliphatic rings. The number of hydrogen-bond donors (Lipinski definition) is 2. The highest BCUT2D eigenvalue weighted by Gasteiger charge is 2.35. The number of amides is 3. The third-order valence-electron chi connectivity index (χ3n) is 5.13. The van der Waals surface area contributed by atoms with Gasteiger partial charge in [-0.2, -0.15) is 10.4 Å². The third kappa shape index (κ3) is 3.36. The zero-order chi connectivity index (χ0) is 21.4. The Balaban J connectivity index is 1.59. The normalized spacial score (nSPS) is 18.3. The molecule has 0 fully saturated rings. The van der Waals surface area contributed by atoms with E-state index in [1.54, 1.807) is 6.07 Å². The molecular formula is C19H19FN6O4. The quantitative estimate of drug-likeness (QED) is 0.751. The lowest BCUT2D eigenvalue weighted by Crippen LogP contribution is -2.40. The van der Waals surface area contributed by atoms with Crippen molar-refractivity contribution in [3.63, 3.8) is 0 Å². The Morgan fingerprint density at radius 3 is 3.03 bits per heavy atom. The SMILES string of the molecule is CN1OC(CO)Cn2nc3c(c2C1=O)CN(C(=O)Nc1cccc(C#N)c1F)CC3. The van der Waals surface area contributed by atoms with E-state index in [2.05, 4.69) is 10.4 Å². The number of nitriles is 1. The van der Waals surface area contributed by atoms with Gasteiger partial charge in [-0.15, -0.1) is 0 Å². The third-order valence-corrected chi connectivity index (χ3v) is 5.13. The fraction of sp³-hybridized carbons (Fsp3) is 0.368. The number of hydroxylamine groups is 2. The molecule has 2 aromatic rings. The summed E-state index contributed by atoms with van der Waals surface area (Å²) in [6.07, 6.45) is -0.193. The van der Waals surface area contributed by atoms with Crippen molar-refractivity contribution >= 4 is 17.6 Å². The van der Waals surface area contributed by atoms with Crippen molar-refractivity contribution in [3.8, 4) is 6.07 Å². The average molecular weight is 414 g/mol. The van der Waals surface area contributed by atoms with E-state index < -0.39 is 23.9 Å². The highest BCUT2D eigenvalue weighted by molar-refractivity contribution is 5.94. The second kappa shape index (κ2) is 7.74. The predicted octanol–water partition coefficient (Wildman–Crippen LogP) is 0.862. The van der Waals surface area contributed by atoms with E-state index >= 15 is 0 Å². The summed E-state index contributed by atoms with van der Waals surface area (Å²) in [4.78, 5) is 32.3. The van der Waals surface area contributed by atoms with Crippen LogP contribution in [0, 0.1) is 17.1 Å². The molecule has 2 N–H and O–H groups in total. The number of aromatic nitrogens is 2. The van der Waals surface area contributed by atoms with E-state index in [0.29, 0.717) is 29.9 Å². The van der Waals surface area contributed by atoms with E-state index in [-0.39, 0.29) is 30.9 Å². The maximum absolute atomic E-state index is 14.3. The molecule has 10 nitrogen and oxygen atoms in total. The first-order valence-corrected chi connectivity index (χ1v) is 9.31. The summed E-state index contributed by atoms with van der Waals surface area (Å²) in [7, 11) is 1.46. The number of nitrogens with zero attached hydrogens (tertiary/aromatic N) is 5. The number of halogens is 1. The van der Waals surface area contributed by atoms with Crippen LogP contribution in [0.1, 0.15) is 27.3 Å². The zero-order valence-electron chi connectivity index (χ0n) is 16.1. The summed E-state index contributed by atoms with van der Waals surface area (Å²) in [6, 6.07) is 5.37. The summed E-state index contributed by atoms with van der Waals surface area (Å²) in [5, 5.41) is 26.4. The number of anilines is 1. The van der Waals surface area contributed by atoms with Crippen molar-refractivity contribution < 1.29 is 23.9 Å². The molecule has 3 heterocycles. The minimum atomic E-state index is -0.797. The molecule has 0 saturated carbocycles. The van der Waals surface area contributed by atoms with Crippen LogP contribution < -0.4 is 5.32 Å². The van der Waals surface area contributed by atoms with Crippen molar-refractivity contribution in [2.75, 3.05) is 25.5 Å². The smallest absolute Gasteiger partial charge is 0.322 e. The van der Waals surface area contributed by atoms with Gasteiger partial charge in [0.2, 0.25) is 0 Å². The van der Waals surface area contributed by atoms with Crippen molar-refractivity contribution in [1.29, 1.82) is 5.26 Å². The number of aliphatic hydroxyl groups excluding tert-OH is 1. The number of rotatable bonds is 2. The minimum absolute atomic E-state index is 0.0892. The Labute approximate surface area is 171 Å². The monoisotopic (exact) mass is 414 g/mol. The molecule has 0 radical (unpaired) electrons. The molecule has 11 heteroatoms. The standard InChI is InChI=1S/C19H19FN6O4/c1-24-18(28)17-13-9-25(6-5-14(13)23-26(17)8-12(10-27)30-24)19(29)22-15-4-2-3-11(7-21)16(15)20/h2-4,12,27H,5-6,8-10H2,1H3,(H,22,29). The second-order valence-corrected chi connectivity index (χ2v) is 7.05. The minimum Gasteiger partial charge on any atom is -0.393 e. The molecule has 0 aliphatic carbocycles. The molecule has 3 amide bonds. The van der Waals surface area contributed by atoms with Gasteiger partial charge >= 0.3 is 6.03 Å². The molecule has 1 unspecified atom stereocenters. The topological polar surface area (TPSA) is 124 Å². The first-order chi connectivity index (χ1) is 14.4. The summed E-state index contributed by atoms with van der Waals surface area (Å²) < 4.78 is 15.8. The fourth-order valence-electron chi connectivity index (χ4n) is 3.62. The molecule has 0 bridgehead atoms. The van der Waals surface area contributed by atoms with Gasteiger partial charge in [-0.3, -0.25) is 14.3 Å². The maximum atomic E-state index is 14.3. The zero-order valence-corrected chi connectivity index (χ0v) is 16.1. The Bertz CT molecular complexity index is 1060. The summed E-state index contributed by atoms with van der Waals surface area (Å²) in [5.74, 6) is -1.22. The number of benzene rings is 1. The number of nitrogens with one attached hydrogen (secondary N) is 1. The van der Waals surface area contributed by atoms with E-state index in [0.717, 1.165) is 5.06 Å². The molecule has 156 valence electrons. The number of carbonyl (C=O) groups excluding carboxylic acids is 2. The summed E-state index contributed by atoms with van der Waals surface area (Å²) in [6.45, 7) is 0.370. The molecular weight excluding hydrogens is 395 g/mol. The highest BCUT2D eigenvalue weighted by Crippen LogP contribution is 2.27. The fourth-order valence-corrected chi connectivity index (χ4v) is 3.62. The predicted molar refractivity (Wildman–Crippen MR) is 101 cm³/mol. The lowest BCUT2D eigenvalue weighted by molar-refractivity contribution is -0.159. The maximum Gasteiger partial charge on any atom is 0.322 e. The van der Waals surface area contributed by atoms with Gasteiger partial charge in [0.25, 0.3) is 5.91 Å². The van der Waals surface area contributed by atoms with Crippen molar-refractivity contribution in [2.24, 2.45) is 0 Å². The van der Waals surface area contributed by atoms with Crippen LogP contribution in [0.2, 0.25) is 0 Å². The van der Waals surface area contributed by atoms with E-state index in [1.807, 2.05) is 0 Å². The van der Waals surface area contributed by atoms with E-state index in [1.165, 1.54) is 34.8 Å². The molecule has 0 spiro atoms. The van der Waals surface area contributed by atoms with Crippen LogP contribution in [-0.4, -0.2) is 63.1 Å². The van der Waals surface area contributed by atoms with Crippen LogP contribution in [0.15, 0.2) is 18.2 Å². The molecule has 1 atom stereocenters. The van der Waals surface area contributed by atoms with Gasteiger partial charge in [-0.05, 0) is 12.1 Å². The number of carbonyl (C=O) groups is 2. The van der Waals surface area contributed by atoms with E-state index in [4.69, 9.17) is 10.1 Å². The first kappa shape index (κ1) is 19.8. The lowest BCUT2D eigenvalue weighted by atomic mass is 10.1. The highest BCUT2D eigenvalue weighted by atomic mass is 19.1. The molecule has 1 aromatic carbocycles. The Morgan fingerprint density at radius 1 is 1.50 bits per heavy atom.